The van der Waals surface area contributed by atoms with Crippen molar-refractivity contribution in [1.82, 2.24) is 10.6 Å². The van der Waals surface area contributed by atoms with Crippen LogP contribution in [0.3, 0.4) is 0 Å². The lowest BCUT2D eigenvalue weighted by Crippen LogP contribution is -2.44. The topological polar surface area (TPSA) is 45.7 Å². The monoisotopic (exact) mass is 391 g/mol. The van der Waals surface area contributed by atoms with E-state index in [1.807, 2.05) is 30.3 Å². The predicted octanol–water partition coefficient (Wildman–Crippen LogP) is 3.04. The highest BCUT2D eigenvalue weighted by atomic mass is 127. The van der Waals surface area contributed by atoms with Crippen LogP contribution in [-0.4, -0.2) is 31.7 Å². The molecule has 1 aromatic rings. The second kappa shape index (κ2) is 10.8. The Morgan fingerprint density at radius 1 is 1.25 bits per heavy atom. The molecule has 1 atom stereocenters. The van der Waals surface area contributed by atoms with Gasteiger partial charge >= 0.3 is 0 Å². The maximum Gasteiger partial charge on any atom is 0.191 e. The highest BCUT2D eigenvalue weighted by Crippen LogP contribution is 2.11. The van der Waals surface area contributed by atoms with E-state index in [9.17, 15) is 0 Å². The summed E-state index contributed by atoms with van der Waals surface area (Å²) < 4.78 is 5.92. The molecule has 0 saturated carbocycles. The lowest BCUT2D eigenvalue weighted by molar-refractivity contribution is 0.199. The first kappa shape index (κ1) is 19.0. The molecule has 0 aromatic heterocycles. The molecular weight excluding hydrogens is 365 g/mol. The lowest BCUT2D eigenvalue weighted by Gasteiger charge is -2.20. The number of aliphatic imine (C=N–C) groups is 1. The summed E-state index contributed by atoms with van der Waals surface area (Å²) in [6.45, 7) is 7.03. The summed E-state index contributed by atoms with van der Waals surface area (Å²) >= 11 is 0. The number of nitrogens with zero attached hydrogens (tertiary/aromatic N) is 1. The van der Waals surface area contributed by atoms with Crippen molar-refractivity contribution in [3.63, 3.8) is 0 Å². The number of guanidine groups is 1. The van der Waals surface area contributed by atoms with Crippen LogP contribution >= 0.6 is 24.0 Å². The molecule has 0 radical (unpaired) electrons. The van der Waals surface area contributed by atoms with Crippen LogP contribution in [0.25, 0.3) is 0 Å². The third-order valence-electron chi connectivity index (χ3n) is 2.65. The molecule has 4 nitrogen and oxygen atoms in total. The molecule has 0 fully saturated rings. The Balaban J connectivity index is 0.00000361. The van der Waals surface area contributed by atoms with Gasteiger partial charge in [-0.1, -0.05) is 25.1 Å². The third kappa shape index (κ3) is 7.57. The van der Waals surface area contributed by atoms with E-state index in [-0.39, 0.29) is 30.1 Å². The number of para-hydroxylation sites is 1. The Bertz CT molecular complexity index is 382. The summed E-state index contributed by atoms with van der Waals surface area (Å²) in [6.07, 6.45) is 1.08. The van der Waals surface area contributed by atoms with Crippen molar-refractivity contribution in [2.24, 2.45) is 4.99 Å². The van der Waals surface area contributed by atoms with Crippen molar-refractivity contribution in [3.8, 4) is 5.75 Å². The largest absolute Gasteiger partial charge is 0.489 e. The Hall–Kier alpha value is -0.980. The van der Waals surface area contributed by atoms with E-state index in [0.29, 0.717) is 6.04 Å². The number of hydrogen-bond acceptors (Lipinski definition) is 2. The molecule has 0 bridgehead atoms. The van der Waals surface area contributed by atoms with Gasteiger partial charge in [0, 0.05) is 13.1 Å². The minimum absolute atomic E-state index is 0. The minimum Gasteiger partial charge on any atom is -0.489 e. The SMILES string of the molecule is CCC(CNC(=NC)NC(C)C)Oc1ccccc1.I. The van der Waals surface area contributed by atoms with Gasteiger partial charge in [0.15, 0.2) is 5.96 Å². The van der Waals surface area contributed by atoms with E-state index in [0.717, 1.165) is 24.7 Å². The number of rotatable bonds is 6. The average Bonchev–Trinajstić information content (AvgIpc) is 2.42. The summed E-state index contributed by atoms with van der Waals surface area (Å²) in [5.41, 5.74) is 0. The molecule has 0 spiro atoms. The van der Waals surface area contributed by atoms with Crippen LogP contribution in [0.15, 0.2) is 35.3 Å². The molecular formula is C15H26IN3O. The van der Waals surface area contributed by atoms with E-state index in [2.05, 4.69) is 36.4 Å². The molecule has 1 rings (SSSR count). The van der Waals surface area contributed by atoms with Gasteiger partial charge in [0.05, 0.1) is 6.54 Å². The van der Waals surface area contributed by atoms with Crippen molar-refractivity contribution >= 4 is 29.9 Å². The molecule has 1 aromatic carbocycles. The van der Waals surface area contributed by atoms with Gasteiger partial charge in [-0.25, -0.2) is 0 Å². The number of benzene rings is 1. The van der Waals surface area contributed by atoms with E-state index in [1.54, 1.807) is 7.05 Å². The molecule has 0 saturated heterocycles. The van der Waals surface area contributed by atoms with Gasteiger partial charge in [0.25, 0.3) is 0 Å². The smallest absolute Gasteiger partial charge is 0.191 e. The molecule has 0 heterocycles. The second-order valence-corrected chi connectivity index (χ2v) is 4.71. The maximum atomic E-state index is 5.92. The molecule has 5 heteroatoms. The summed E-state index contributed by atoms with van der Waals surface area (Å²) in [4.78, 5) is 4.18. The van der Waals surface area contributed by atoms with Crippen LogP contribution in [0.5, 0.6) is 5.75 Å². The number of hydrogen-bond donors (Lipinski definition) is 2. The summed E-state index contributed by atoms with van der Waals surface area (Å²) in [5, 5.41) is 6.54. The Morgan fingerprint density at radius 2 is 1.90 bits per heavy atom. The zero-order valence-corrected chi connectivity index (χ0v) is 15.0. The van der Waals surface area contributed by atoms with Crippen LogP contribution in [0.1, 0.15) is 27.2 Å². The fourth-order valence-corrected chi connectivity index (χ4v) is 1.64. The fraction of sp³-hybridized carbons (Fsp3) is 0.533. The van der Waals surface area contributed by atoms with Crippen LogP contribution < -0.4 is 15.4 Å². The molecule has 2 N–H and O–H groups in total. The quantitative estimate of drug-likeness (QED) is 0.445. The minimum atomic E-state index is 0. The number of nitrogens with one attached hydrogen (secondary N) is 2. The maximum absolute atomic E-state index is 5.92. The first-order valence-corrected chi connectivity index (χ1v) is 6.84. The molecule has 20 heavy (non-hydrogen) atoms. The molecule has 0 amide bonds. The van der Waals surface area contributed by atoms with Crippen molar-refractivity contribution in [1.29, 1.82) is 0 Å². The summed E-state index contributed by atoms with van der Waals surface area (Å²) in [5.74, 6) is 1.72. The number of halogens is 1. The molecule has 0 aliphatic rings. The van der Waals surface area contributed by atoms with Crippen molar-refractivity contribution in [2.45, 2.75) is 39.3 Å². The van der Waals surface area contributed by atoms with Gasteiger partial charge in [0.2, 0.25) is 0 Å². The average molecular weight is 391 g/mol. The zero-order chi connectivity index (χ0) is 14.1. The second-order valence-electron chi connectivity index (χ2n) is 4.71. The van der Waals surface area contributed by atoms with Gasteiger partial charge in [-0.05, 0) is 32.4 Å². The van der Waals surface area contributed by atoms with Gasteiger partial charge < -0.3 is 15.4 Å². The lowest BCUT2D eigenvalue weighted by atomic mass is 10.2. The summed E-state index contributed by atoms with van der Waals surface area (Å²) in [6, 6.07) is 10.3. The fourth-order valence-electron chi connectivity index (χ4n) is 1.64. The van der Waals surface area contributed by atoms with Crippen LogP contribution in [0.4, 0.5) is 0 Å². The molecule has 1 unspecified atom stereocenters. The zero-order valence-electron chi connectivity index (χ0n) is 12.7. The molecule has 0 aliphatic carbocycles. The van der Waals surface area contributed by atoms with Crippen LogP contribution in [-0.2, 0) is 0 Å². The Morgan fingerprint density at radius 3 is 2.40 bits per heavy atom. The van der Waals surface area contributed by atoms with Crippen molar-refractivity contribution in [3.05, 3.63) is 30.3 Å². The van der Waals surface area contributed by atoms with Crippen LogP contribution in [0.2, 0.25) is 0 Å². The van der Waals surface area contributed by atoms with Gasteiger partial charge in [0.1, 0.15) is 11.9 Å². The van der Waals surface area contributed by atoms with Crippen molar-refractivity contribution in [2.75, 3.05) is 13.6 Å². The highest BCUT2D eigenvalue weighted by molar-refractivity contribution is 14.0. The predicted molar refractivity (Wildman–Crippen MR) is 96.2 cm³/mol. The van der Waals surface area contributed by atoms with E-state index >= 15 is 0 Å². The van der Waals surface area contributed by atoms with Crippen molar-refractivity contribution < 1.29 is 4.74 Å². The van der Waals surface area contributed by atoms with E-state index < -0.39 is 0 Å². The first-order valence-electron chi connectivity index (χ1n) is 6.84. The first-order chi connectivity index (χ1) is 9.15. The van der Waals surface area contributed by atoms with Gasteiger partial charge in [-0.3, -0.25) is 4.99 Å². The highest BCUT2D eigenvalue weighted by Gasteiger charge is 2.09. The Kier molecular flexibility index (Phi) is 10.2. The van der Waals surface area contributed by atoms with E-state index in [1.165, 1.54) is 0 Å². The van der Waals surface area contributed by atoms with Crippen LogP contribution in [0, 0.1) is 0 Å². The van der Waals surface area contributed by atoms with E-state index in [4.69, 9.17) is 4.74 Å². The molecule has 114 valence electrons. The Labute approximate surface area is 139 Å². The number of ether oxygens (including phenoxy) is 1. The van der Waals surface area contributed by atoms with Gasteiger partial charge in [-0.15, -0.1) is 24.0 Å². The molecule has 0 aliphatic heterocycles. The third-order valence-corrected chi connectivity index (χ3v) is 2.65. The van der Waals surface area contributed by atoms with Gasteiger partial charge in [-0.2, -0.15) is 0 Å². The normalized spacial score (nSPS) is 12.6. The summed E-state index contributed by atoms with van der Waals surface area (Å²) in [7, 11) is 1.77. The standard InChI is InChI=1S/C15H25N3O.HI/c1-5-13(19-14-9-7-6-8-10-14)11-17-15(16-4)18-12(2)3;/h6-10,12-13H,5,11H2,1-4H3,(H2,16,17,18);1H.